The Morgan fingerprint density at radius 3 is 2.47 bits per heavy atom. The van der Waals surface area contributed by atoms with Crippen molar-refractivity contribution in [3.8, 4) is 0 Å². The van der Waals surface area contributed by atoms with Gasteiger partial charge in [-0.05, 0) is 44.1 Å². The van der Waals surface area contributed by atoms with Crippen LogP contribution in [0.15, 0.2) is 23.8 Å². The molecule has 0 unspecified atom stereocenters. The van der Waals surface area contributed by atoms with Crippen LogP contribution in [0.4, 0.5) is 0 Å². The second-order valence-corrected chi connectivity index (χ2v) is 4.96. The minimum Gasteiger partial charge on any atom is -0.339 e. The first kappa shape index (κ1) is 14.0. The summed E-state index contributed by atoms with van der Waals surface area (Å²) in [7, 11) is 1.90. The number of likely N-dealkylation sites (N-methyl/N-ethyl adjacent to an activating group) is 1. The van der Waals surface area contributed by atoms with E-state index in [0.717, 1.165) is 18.4 Å². The van der Waals surface area contributed by atoms with Gasteiger partial charge in [0.25, 0.3) is 5.91 Å². The third-order valence-electron chi connectivity index (χ3n) is 3.71. The molecule has 0 aliphatic heterocycles. The van der Waals surface area contributed by atoms with Gasteiger partial charge in [0.15, 0.2) is 0 Å². The van der Waals surface area contributed by atoms with Crippen molar-refractivity contribution in [1.82, 2.24) is 4.90 Å². The third-order valence-corrected chi connectivity index (χ3v) is 3.71. The lowest BCUT2D eigenvalue weighted by Gasteiger charge is -2.26. The van der Waals surface area contributed by atoms with Gasteiger partial charge in [0.2, 0.25) is 0 Å². The summed E-state index contributed by atoms with van der Waals surface area (Å²) in [4.78, 5) is 14.1. The number of carbonyl (C=O) groups excluding carboxylic acids is 1. The molecule has 1 atom stereocenters. The van der Waals surface area contributed by atoms with E-state index in [-0.39, 0.29) is 5.91 Å². The van der Waals surface area contributed by atoms with Gasteiger partial charge in [-0.2, -0.15) is 0 Å². The highest BCUT2D eigenvalue weighted by atomic mass is 16.2. The molecule has 2 nitrogen and oxygen atoms in total. The van der Waals surface area contributed by atoms with Crippen molar-refractivity contribution in [3.05, 3.63) is 23.8 Å². The maximum absolute atomic E-state index is 12.3. The molecule has 1 saturated carbocycles. The van der Waals surface area contributed by atoms with Gasteiger partial charge in [0.1, 0.15) is 0 Å². The zero-order valence-electron chi connectivity index (χ0n) is 11.6. The normalized spacial score (nSPS) is 17.8. The zero-order valence-corrected chi connectivity index (χ0v) is 11.6. The molecule has 0 heterocycles. The zero-order chi connectivity index (χ0) is 13.0. The first-order valence-corrected chi connectivity index (χ1v) is 6.68. The molecule has 0 aromatic rings. The Morgan fingerprint density at radius 2 is 2.06 bits per heavy atom. The number of allylic oxidation sites excluding steroid dienone is 1. The minimum absolute atomic E-state index is 0.0888. The molecular formula is C15H25NO. The highest BCUT2D eigenvalue weighted by molar-refractivity contribution is 5.97. The number of rotatable bonds is 6. The van der Waals surface area contributed by atoms with Crippen molar-refractivity contribution >= 4 is 5.91 Å². The van der Waals surface area contributed by atoms with Gasteiger partial charge in [0.05, 0.1) is 0 Å². The van der Waals surface area contributed by atoms with E-state index in [0.29, 0.717) is 17.5 Å². The van der Waals surface area contributed by atoms with Gasteiger partial charge in [-0.15, -0.1) is 0 Å². The highest BCUT2D eigenvalue weighted by Crippen LogP contribution is 2.35. The molecule has 0 spiro atoms. The van der Waals surface area contributed by atoms with Gasteiger partial charge in [0, 0.05) is 18.7 Å². The lowest BCUT2D eigenvalue weighted by atomic mass is 10.0. The average molecular weight is 235 g/mol. The van der Waals surface area contributed by atoms with Crippen LogP contribution in [0, 0.1) is 5.92 Å². The van der Waals surface area contributed by atoms with Gasteiger partial charge in [-0.3, -0.25) is 4.79 Å². The molecular weight excluding hydrogens is 210 g/mol. The monoisotopic (exact) mass is 235 g/mol. The number of carbonyl (C=O) groups is 1. The van der Waals surface area contributed by atoms with Crippen molar-refractivity contribution in [3.63, 3.8) is 0 Å². The van der Waals surface area contributed by atoms with E-state index >= 15 is 0 Å². The Morgan fingerprint density at radius 1 is 1.47 bits per heavy atom. The van der Waals surface area contributed by atoms with E-state index in [9.17, 15) is 4.79 Å². The van der Waals surface area contributed by atoms with Crippen molar-refractivity contribution < 1.29 is 4.79 Å². The summed E-state index contributed by atoms with van der Waals surface area (Å²) in [6.07, 6.45) is 6.46. The molecule has 0 saturated heterocycles. The number of hydrogen-bond acceptors (Lipinski definition) is 1. The number of nitrogens with zero attached hydrogens (tertiary/aromatic N) is 1. The standard InChI is InChI=1S/C15H25NO/c1-6-8-13(7-2)11(3)15(17)16(5)12(4)14-9-10-14/h8,12,14H,3,6-7,9-10H2,1-2,4-5H3/b13-8-/t12-/m0/s1. The fraction of sp³-hybridized carbons (Fsp3) is 0.667. The van der Waals surface area contributed by atoms with E-state index in [4.69, 9.17) is 0 Å². The average Bonchev–Trinajstić information content (AvgIpc) is 3.16. The smallest absolute Gasteiger partial charge is 0.253 e. The van der Waals surface area contributed by atoms with E-state index in [1.54, 1.807) is 0 Å². The lowest BCUT2D eigenvalue weighted by Crippen LogP contribution is -2.37. The van der Waals surface area contributed by atoms with Crippen LogP contribution in [0.5, 0.6) is 0 Å². The van der Waals surface area contributed by atoms with E-state index in [1.807, 2.05) is 11.9 Å². The van der Waals surface area contributed by atoms with Crippen molar-refractivity contribution in [1.29, 1.82) is 0 Å². The first-order chi connectivity index (χ1) is 8.02. The molecule has 1 fully saturated rings. The third kappa shape index (κ3) is 3.45. The highest BCUT2D eigenvalue weighted by Gasteiger charge is 2.33. The van der Waals surface area contributed by atoms with Gasteiger partial charge >= 0.3 is 0 Å². The second kappa shape index (κ2) is 6.04. The number of hydrogen-bond donors (Lipinski definition) is 0. The molecule has 96 valence electrons. The number of amides is 1. The fourth-order valence-corrected chi connectivity index (χ4v) is 2.16. The van der Waals surface area contributed by atoms with Crippen LogP contribution < -0.4 is 0 Å². The molecule has 1 aliphatic carbocycles. The Balaban J connectivity index is 2.67. The first-order valence-electron chi connectivity index (χ1n) is 6.68. The van der Waals surface area contributed by atoms with Crippen molar-refractivity contribution in [2.24, 2.45) is 5.92 Å². The molecule has 0 radical (unpaired) electrons. The molecule has 0 N–H and O–H groups in total. The molecule has 0 aromatic carbocycles. The summed E-state index contributed by atoms with van der Waals surface area (Å²) in [5.74, 6) is 0.794. The summed E-state index contributed by atoms with van der Waals surface area (Å²) < 4.78 is 0. The minimum atomic E-state index is 0.0888. The van der Waals surface area contributed by atoms with Crippen molar-refractivity contribution in [2.75, 3.05) is 7.05 Å². The summed E-state index contributed by atoms with van der Waals surface area (Å²) in [6, 6.07) is 0.346. The Bertz CT molecular complexity index is 326. The van der Waals surface area contributed by atoms with Crippen LogP contribution in [0.3, 0.4) is 0 Å². The summed E-state index contributed by atoms with van der Waals surface area (Å²) >= 11 is 0. The molecule has 1 rings (SSSR count). The van der Waals surface area contributed by atoms with Crippen LogP contribution in [0.25, 0.3) is 0 Å². The Hall–Kier alpha value is -1.05. The predicted octanol–water partition coefficient (Wildman–Crippen LogP) is 3.55. The van der Waals surface area contributed by atoms with E-state index in [1.165, 1.54) is 12.8 Å². The van der Waals surface area contributed by atoms with Crippen LogP contribution in [-0.4, -0.2) is 23.9 Å². The molecule has 0 bridgehead atoms. The molecule has 2 heteroatoms. The predicted molar refractivity (Wildman–Crippen MR) is 72.8 cm³/mol. The molecule has 1 aliphatic rings. The van der Waals surface area contributed by atoms with Gasteiger partial charge in [-0.25, -0.2) is 0 Å². The summed E-state index contributed by atoms with van der Waals surface area (Å²) in [6.45, 7) is 10.3. The summed E-state index contributed by atoms with van der Waals surface area (Å²) in [5, 5.41) is 0. The maximum atomic E-state index is 12.3. The van der Waals surface area contributed by atoms with Crippen LogP contribution in [0.1, 0.15) is 46.5 Å². The van der Waals surface area contributed by atoms with Crippen molar-refractivity contribution in [2.45, 2.75) is 52.5 Å². The van der Waals surface area contributed by atoms with Crippen LogP contribution in [-0.2, 0) is 4.79 Å². The van der Waals surface area contributed by atoms with E-state index < -0.39 is 0 Å². The lowest BCUT2D eigenvalue weighted by molar-refractivity contribution is -0.127. The topological polar surface area (TPSA) is 20.3 Å². The summed E-state index contributed by atoms with van der Waals surface area (Å²) in [5.41, 5.74) is 1.76. The largest absolute Gasteiger partial charge is 0.339 e. The molecule has 0 aromatic heterocycles. The second-order valence-electron chi connectivity index (χ2n) is 4.96. The quantitative estimate of drug-likeness (QED) is 0.509. The fourth-order valence-electron chi connectivity index (χ4n) is 2.16. The van der Waals surface area contributed by atoms with Crippen LogP contribution in [0.2, 0.25) is 0 Å². The van der Waals surface area contributed by atoms with Crippen LogP contribution >= 0.6 is 0 Å². The molecule has 17 heavy (non-hydrogen) atoms. The maximum Gasteiger partial charge on any atom is 0.253 e. The van der Waals surface area contributed by atoms with E-state index in [2.05, 4.69) is 33.4 Å². The SMILES string of the molecule is C=C(C(=O)N(C)[C@@H](C)C1CC1)/C(=C\CC)CC. The molecule has 1 amide bonds. The Kier molecular flexibility index (Phi) is 4.98. The Labute approximate surface area is 105 Å². The van der Waals surface area contributed by atoms with Gasteiger partial charge < -0.3 is 4.90 Å². The van der Waals surface area contributed by atoms with Gasteiger partial charge in [-0.1, -0.05) is 26.5 Å².